The summed E-state index contributed by atoms with van der Waals surface area (Å²) < 4.78 is 35.2. The van der Waals surface area contributed by atoms with E-state index in [0.29, 0.717) is 23.7 Å². The van der Waals surface area contributed by atoms with Crippen LogP contribution in [0.5, 0.6) is 5.75 Å². The molecule has 1 saturated heterocycles. The Kier molecular flexibility index (Phi) is 6.64. The molecule has 34 heavy (non-hydrogen) atoms. The fraction of sp³-hybridized carbons (Fsp3) is 0.500. The molecule has 4 rings (SSSR count). The van der Waals surface area contributed by atoms with Crippen molar-refractivity contribution in [2.24, 2.45) is 0 Å². The van der Waals surface area contributed by atoms with Crippen molar-refractivity contribution in [1.29, 1.82) is 0 Å². The maximum absolute atomic E-state index is 12.4. The molecule has 2 aromatic carbocycles. The summed E-state index contributed by atoms with van der Waals surface area (Å²) in [4.78, 5) is 14.2. The van der Waals surface area contributed by atoms with Crippen LogP contribution in [0.25, 0.3) is 11.1 Å². The molecule has 0 aromatic heterocycles. The zero-order chi connectivity index (χ0) is 24.7. The number of hydrogen-bond donors (Lipinski definition) is 0. The van der Waals surface area contributed by atoms with Gasteiger partial charge in [-0.1, -0.05) is 29.8 Å². The zero-order valence-electron chi connectivity index (χ0n) is 20.2. The van der Waals surface area contributed by atoms with Gasteiger partial charge in [0.1, 0.15) is 17.0 Å². The van der Waals surface area contributed by atoms with Crippen molar-refractivity contribution in [3.63, 3.8) is 0 Å². The van der Waals surface area contributed by atoms with Crippen LogP contribution >= 0.6 is 11.6 Å². The molecular formula is C26H32ClNO5S. The summed E-state index contributed by atoms with van der Waals surface area (Å²) in [7, 11) is -3.12. The first-order chi connectivity index (χ1) is 15.8. The summed E-state index contributed by atoms with van der Waals surface area (Å²) in [5.41, 5.74) is 2.91. The first kappa shape index (κ1) is 24.9. The molecule has 184 valence electrons. The van der Waals surface area contributed by atoms with Crippen molar-refractivity contribution in [3.8, 4) is 16.9 Å². The predicted octanol–water partition coefficient (Wildman–Crippen LogP) is 5.65. The first-order valence-electron chi connectivity index (χ1n) is 11.6. The van der Waals surface area contributed by atoms with E-state index in [4.69, 9.17) is 21.1 Å². The molecule has 2 aromatic rings. The van der Waals surface area contributed by atoms with E-state index in [-0.39, 0.29) is 17.4 Å². The Bertz CT molecular complexity index is 1190. The lowest BCUT2D eigenvalue weighted by molar-refractivity contribution is -0.0272. The number of likely N-dealkylation sites (tertiary alicyclic amines) is 1. The van der Waals surface area contributed by atoms with Crippen LogP contribution in [0.3, 0.4) is 0 Å². The third-order valence-electron chi connectivity index (χ3n) is 6.34. The standard InChI is InChI=1S/C26H32ClNO5S/c1-25(2,3)33-24(29)28-13-11-26(12-14-28)10-9-20-16-19(6-8-23(20)32-26)21-7-5-18(15-22(21)27)17-34(4,30)31/h5-8,15-16H,9-14,17H2,1-4H3. The summed E-state index contributed by atoms with van der Waals surface area (Å²) in [6.07, 6.45) is 4.29. The number of carbonyl (C=O) groups excluding carboxylic acids is 1. The Balaban J connectivity index is 1.45. The van der Waals surface area contributed by atoms with Gasteiger partial charge in [-0.05, 0) is 68.5 Å². The summed E-state index contributed by atoms with van der Waals surface area (Å²) in [5, 5.41) is 0.531. The average Bonchev–Trinajstić information content (AvgIpc) is 2.72. The minimum Gasteiger partial charge on any atom is -0.487 e. The Morgan fingerprint density at radius 3 is 2.44 bits per heavy atom. The average molecular weight is 506 g/mol. The minimum atomic E-state index is -3.12. The molecule has 0 bridgehead atoms. The van der Waals surface area contributed by atoms with Gasteiger partial charge in [0.05, 0.1) is 5.75 Å². The highest BCUT2D eigenvalue weighted by Gasteiger charge is 2.41. The lowest BCUT2D eigenvalue weighted by Gasteiger charge is -2.44. The summed E-state index contributed by atoms with van der Waals surface area (Å²) >= 11 is 6.50. The molecule has 6 nitrogen and oxygen atoms in total. The van der Waals surface area contributed by atoms with Crippen LogP contribution in [0.1, 0.15) is 51.2 Å². The normalized spacial score (nSPS) is 17.7. The molecular weight excluding hydrogens is 474 g/mol. The van der Waals surface area contributed by atoms with Crippen molar-refractivity contribution in [2.45, 2.75) is 63.4 Å². The quantitative estimate of drug-likeness (QED) is 0.539. The summed E-state index contributed by atoms with van der Waals surface area (Å²) in [6, 6.07) is 11.5. The zero-order valence-corrected chi connectivity index (χ0v) is 21.8. The van der Waals surface area contributed by atoms with Gasteiger partial charge in [-0.25, -0.2) is 13.2 Å². The monoisotopic (exact) mass is 505 g/mol. The molecule has 0 N–H and O–H groups in total. The largest absolute Gasteiger partial charge is 0.487 e. The van der Waals surface area contributed by atoms with Gasteiger partial charge in [-0.3, -0.25) is 0 Å². The Morgan fingerprint density at radius 1 is 1.12 bits per heavy atom. The van der Waals surface area contributed by atoms with Crippen molar-refractivity contribution in [1.82, 2.24) is 4.90 Å². The topological polar surface area (TPSA) is 72.9 Å². The van der Waals surface area contributed by atoms with E-state index in [9.17, 15) is 13.2 Å². The van der Waals surface area contributed by atoms with E-state index in [0.717, 1.165) is 48.1 Å². The Hall–Kier alpha value is -2.25. The third kappa shape index (κ3) is 5.87. The number of amides is 1. The van der Waals surface area contributed by atoms with Gasteiger partial charge >= 0.3 is 6.09 Å². The maximum atomic E-state index is 12.4. The number of benzene rings is 2. The number of sulfone groups is 1. The van der Waals surface area contributed by atoms with Gasteiger partial charge in [0.25, 0.3) is 0 Å². The fourth-order valence-electron chi connectivity index (χ4n) is 4.65. The van der Waals surface area contributed by atoms with Gasteiger partial charge in [0.2, 0.25) is 0 Å². The van der Waals surface area contributed by atoms with Gasteiger partial charge in [0, 0.05) is 42.8 Å². The predicted molar refractivity (Wildman–Crippen MR) is 134 cm³/mol. The second-order valence-corrected chi connectivity index (χ2v) is 13.0. The molecule has 2 heterocycles. The van der Waals surface area contributed by atoms with Crippen LogP contribution in [0.2, 0.25) is 5.02 Å². The van der Waals surface area contributed by atoms with Crippen molar-refractivity contribution < 1.29 is 22.7 Å². The van der Waals surface area contributed by atoms with Gasteiger partial charge in [-0.15, -0.1) is 0 Å². The Labute approximate surface area is 207 Å². The number of aryl methyl sites for hydroxylation is 1. The molecule has 8 heteroatoms. The first-order valence-corrected chi connectivity index (χ1v) is 14.0. The third-order valence-corrected chi connectivity index (χ3v) is 7.51. The second-order valence-electron chi connectivity index (χ2n) is 10.5. The second kappa shape index (κ2) is 9.08. The van der Waals surface area contributed by atoms with E-state index in [1.807, 2.05) is 45.0 Å². The number of ether oxygens (including phenoxy) is 2. The van der Waals surface area contributed by atoms with Crippen LogP contribution < -0.4 is 4.74 Å². The molecule has 2 aliphatic heterocycles. The number of rotatable bonds is 3. The van der Waals surface area contributed by atoms with Crippen molar-refractivity contribution in [2.75, 3.05) is 19.3 Å². The lowest BCUT2D eigenvalue weighted by atomic mass is 9.82. The minimum absolute atomic E-state index is 0.0293. The highest BCUT2D eigenvalue weighted by atomic mass is 35.5. The van der Waals surface area contributed by atoms with Gasteiger partial charge in [0.15, 0.2) is 9.84 Å². The molecule has 1 spiro atoms. The van der Waals surface area contributed by atoms with Crippen LogP contribution in [0.4, 0.5) is 4.79 Å². The van der Waals surface area contributed by atoms with Crippen molar-refractivity contribution >= 4 is 27.5 Å². The molecule has 1 fully saturated rings. The van der Waals surface area contributed by atoms with Crippen LogP contribution in [0, 0.1) is 0 Å². The number of nitrogens with zero attached hydrogens (tertiary/aromatic N) is 1. The van der Waals surface area contributed by atoms with Crippen LogP contribution in [-0.4, -0.2) is 50.0 Å². The Morgan fingerprint density at radius 2 is 1.82 bits per heavy atom. The maximum Gasteiger partial charge on any atom is 0.410 e. The highest BCUT2D eigenvalue weighted by Crippen LogP contribution is 2.41. The number of fused-ring (bicyclic) bond motifs is 1. The van der Waals surface area contributed by atoms with Crippen molar-refractivity contribution in [3.05, 3.63) is 52.5 Å². The van der Waals surface area contributed by atoms with Crippen LogP contribution in [0.15, 0.2) is 36.4 Å². The van der Waals surface area contributed by atoms with E-state index < -0.39 is 15.4 Å². The molecule has 0 aliphatic carbocycles. The molecule has 2 aliphatic rings. The molecule has 1 amide bonds. The SMILES string of the molecule is CC(C)(C)OC(=O)N1CCC2(CCc3cc(-c4ccc(CS(C)(=O)=O)cc4Cl)ccc3O2)CC1. The highest BCUT2D eigenvalue weighted by molar-refractivity contribution is 7.89. The lowest BCUT2D eigenvalue weighted by Crippen LogP contribution is -2.52. The molecule has 0 saturated carbocycles. The van der Waals surface area contributed by atoms with Gasteiger partial charge < -0.3 is 14.4 Å². The summed E-state index contributed by atoms with van der Waals surface area (Å²) in [5.74, 6) is 0.851. The van der Waals surface area contributed by atoms with Gasteiger partial charge in [-0.2, -0.15) is 0 Å². The number of halogens is 1. The van der Waals surface area contributed by atoms with E-state index in [1.165, 1.54) is 6.26 Å². The molecule has 0 unspecified atom stereocenters. The number of hydrogen-bond acceptors (Lipinski definition) is 5. The van der Waals surface area contributed by atoms with Crippen LogP contribution in [-0.2, 0) is 26.7 Å². The molecule has 0 radical (unpaired) electrons. The molecule has 0 atom stereocenters. The number of carbonyl (C=O) groups is 1. The van der Waals surface area contributed by atoms with E-state index in [2.05, 4.69) is 6.07 Å². The van der Waals surface area contributed by atoms with E-state index in [1.54, 1.807) is 11.0 Å². The number of piperidine rings is 1. The summed E-state index contributed by atoms with van der Waals surface area (Å²) in [6.45, 7) is 6.88. The smallest absolute Gasteiger partial charge is 0.410 e. The van der Waals surface area contributed by atoms with E-state index >= 15 is 0 Å². The fourth-order valence-corrected chi connectivity index (χ4v) is 5.75.